The van der Waals surface area contributed by atoms with E-state index in [1.807, 2.05) is 18.9 Å². The second kappa shape index (κ2) is 9.81. The highest BCUT2D eigenvalue weighted by atomic mass is 19.1. The molecule has 36 heavy (non-hydrogen) atoms. The molecule has 3 aromatic rings. The third-order valence-electron chi connectivity index (χ3n) is 7.02. The number of hydrogen-bond acceptors (Lipinski definition) is 7. The third kappa shape index (κ3) is 4.50. The summed E-state index contributed by atoms with van der Waals surface area (Å²) in [6.07, 6.45) is 2.52. The van der Waals surface area contributed by atoms with E-state index >= 15 is 4.39 Å². The predicted molar refractivity (Wildman–Crippen MR) is 130 cm³/mol. The molecule has 190 valence electrons. The number of benzene rings is 1. The molecule has 1 aromatic carbocycles. The maximum absolute atomic E-state index is 15.8. The van der Waals surface area contributed by atoms with E-state index in [-0.39, 0.29) is 48.0 Å². The van der Waals surface area contributed by atoms with Crippen molar-refractivity contribution in [1.82, 2.24) is 24.8 Å². The van der Waals surface area contributed by atoms with E-state index in [0.29, 0.717) is 24.4 Å². The van der Waals surface area contributed by atoms with Crippen LogP contribution >= 0.6 is 0 Å². The maximum atomic E-state index is 15.8. The first-order chi connectivity index (χ1) is 17.3. The van der Waals surface area contributed by atoms with Crippen LogP contribution in [0.3, 0.4) is 0 Å². The number of rotatable bonds is 5. The normalized spacial score (nSPS) is 20.8. The molecule has 2 aliphatic heterocycles. The molecule has 4 heterocycles. The summed E-state index contributed by atoms with van der Waals surface area (Å²) in [5.41, 5.74) is -0.123. The average molecular weight is 499 g/mol. The van der Waals surface area contributed by atoms with Gasteiger partial charge in [-0.3, -0.25) is 4.98 Å². The van der Waals surface area contributed by atoms with E-state index in [9.17, 15) is 14.3 Å². The van der Waals surface area contributed by atoms with Crippen LogP contribution in [-0.2, 0) is 0 Å². The van der Waals surface area contributed by atoms with Gasteiger partial charge in [0.1, 0.15) is 29.5 Å². The number of aromatic nitrogens is 3. The number of carbonyl (C=O) groups is 1. The number of likely N-dealkylation sites (N-methyl/N-ethyl adjacent to an activating group) is 1. The van der Waals surface area contributed by atoms with Crippen molar-refractivity contribution >= 4 is 22.8 Å². The summed E-state index contributed by atoms with van der Waals surface area (Å²) in [5, 5.41) is 9.74. The minimum absolute atomic E-state index is 0.0177. The van der Waals surface area contributed by atoms with E-state index < -0.39 is 17.7 Å². The third-order valence-corrected chi connectivity index (χ3v) is 7.02. The summed E-state index contributed by atoms with van der Waals surface area (Å²) in [6, 6.07) is 5.87. The number of pyridine rings is 1. The Morgan fingerprint density at radius 2 is 2.00 bits per heavy atom. The highest BCUT2D eigenvalue weighted by Crippen LogP contribution is 2.34. The second-order valence-electron chi connectivity index (χ2n) is 9.35. The first kappa shape index (κ1) is 24.1. The zero-order valence-electron chi connectivity index (χ0n) is 20.2. The molecule has 11 heteroatoms. The summed E-state index contributed by atoms with van der Waals surface area (Å²) < 4.78 is 36.3. The Morgan fingerprint density at radius 1 is 1.19 bits per heavy atom. The lowest BCUT2D eigenvalue weighted by molar-refractivity contribution is 0.136. The molecule has 9 nitrogen and oxygen atoms in total. The molecule has 0 saturated carbocycles. The first-order valence-corrected chi connectivity index (χ1v) is 12.0. The zero-order chi connectivity index (χ0) is 25.4. The quantitative estimate of drug-likeness (QED) is 0.570. The van der Waals surface area contributed by atoms with Crippen LogP contribution in [0.4, 0.5) is 19.4 Å². The molecule has 0 spiro atoms. The van der Waals surface area contributed by atoms with Crippen molar-refractivity contribution in [3.8, 4) is 17.3 Å². The molecular weight excluding hydrogens is 470 g/mol. The van der Waals surface area contributed by atoms with Gasteiger partial charge in [-0.05, 0) is 45.5 Å². The number of likely N-dealkylation sites (tertiary alicyclic amines) is 1. The van der Waals surface area contributed by atoms with Crippen molar-refractivity contribution in [3.05, 3.63) is 42.1 Å². The van der Waals surface area contributed by atoms with Crippen molar-refractivity contribution in [2.24, 2.45) is 0 Å². The second-order valence-corrected chi connectivity index (χ2v) is 9.35. The highest BCUT2D eigenvalue weighted by molar-refractivity contribution is 5.92. The molecule has 0 radical (unpaired) electrons. The minimum atomic E-state index is -0.985. The van der Waals surface area contributed by atoms with E-state index in [1.54, 1.807) is 6.07 Å². The standard InChI is InChI=1S/C25H28F2N6O3/c1-15-13-32(25(34)35)10-11-33(15)23-18-12-28-21(17-7-3-4-8-19(17)26)20(27)22(18)29-24(30-23)36-14-16-6-5-9-31(16)2/h3-4,7-8,12,15-16H,5-6,9-11,13-14H2,1-2H3,(H,34,35)/t15-,16-/m0/s1. The number of nitrogens with zero attached hydrogens (tertiary/aromatic N) is 6. The Hall–Kier alpha value is -3.60. The molecule has 1 N–H and O–H groups in total. The monoisotopic (exact) mass is 498 g/mol. The smallest absolute Gasteiger partial charge is 0.407 e. The van der Waals surface area contributed by atoms with Gasteiger partial charge in [0.2, 0.25) is 0 Å². The molecule has 5 rings (SSSR count). The highest BCUT2D eigenvalue weighted by Gasteiger charge is 2.31. The van der Waals surface area contributed by atoms with Gasteiger partial charge in [-0.15, -0.1) is 0 Å². The Bertz CT molecular complexity index is 1290. The summed E-state index contributed by atoms with van der Waals surface area (Å²) in [5.74, 6) is -0.934. The molecule has 2 aromatic heterocycles. The number of fused-ring (bicyclic) bond motifs is 1. The fraction of sp³-hybridized carbons (Fsp3) is 0.440. The van der Waals surface area contributed by atoms with Gasteiger partial charge in [-0.2, -0.15) is 9.97 Å². The van der Waals surface area contributed by atoms with Crippen LogP contribution in [0.15, 0.2) is 30.5 Å². The molecule has 2 fully saturated rings. The van der Waals surface area contributed by atoms with Gasteiger partial charge >= 0.3 is 12.1 Å². The number of halogens is 2. The Morgan fingerprint density at radius 3 is 2.69 bits per heavy atom. The van der Waals surface area contributed by atoms with E-state index in [4.69, 9.17) is 4.74 Å². The maximum Gasteiger partial charge on any atom is 0.407 e. The predicted octanol–water partition coefficient (Wildman–Crippen LogP) is 3.63. The lowest BCUT2D eigenvalue weighted by Gasteiger charge is -2.39. The van der Waals surface area contributed by atoms with Gasteiger partial charge in [0.25, 0.3) is 0 Å². The number of piperazine rings is 1. The van der Waals surface area contributed by atoms with Crippen LogP contribution in [0.5, 0.6) is 6.01 Å². The number of amides is 1. The molecule has 0 aliphatic carbocycles. The fourth-order valence-electron chi connectivity index (χ4n) is 4.95. The topological polar surface area (TPSA) is 94.9 Å². The Kier molecular flexibility index (Phi) is 6.57. The van der Waals surface area contributed by atoms with Gasteiger partial charge in [-0.25, -0.2) is 13.6 Å². The number of hydrogen-bond donors (Lipinski definition) is 1. The molecule has 2 atom stereocenters. The fourth-order valence-corrected chi connectivity index (χ4v) is 4.95. The summed E-state index contributed by atoms with van der Waals surface area (Å²) in [6.45, 7) is 4.13. The van der Waals surface area contributed by atoms with Gasteiger partial charge in [0.15, 0.2) is 5.82 Å². The molecule has 2 saturated heterocycles. The van der Waals surface area contributed by atoms with Crippen molar-refractivity contribution < 1.29 is 23.4 Å². The van der Waals surface area contributed by atoms with Crippen molar-refractivity contribution in [3.63, 3.8) is 0 Å². The van der Waals surface area contributed by atoms with Gasteiger partial charge in [0.05, 0.1) is 5.39 Å². The molecule has 0 bridgehead atoms. The van der Waals surface area contributed by atoms with Crippen LogP contribution in [0.25, 0.3) is 22.2 Å². The largest absolute Gasteiger partial charge is 0.465 e. The molecular formula is C25H28F2N6O3. The number of anilines is 1. The number of ether oxygens (including phenoxy) is 1. The summed E-state index contributed by atoms with van der Waals surface area (Å²) in [7, 11) is 2.03. The van der Waals surface area contributed by atoms with Gasteiger partial charge in [-0.1, -0.05) is 12.1 Å². The van der Waals surface area contributed by atoms with Crippen LogP contribution in [-0.4, -0.2) is 87.9 Å². The Balaban J connectivity index is 1.58. The van der Waals surface area contributed by atoms with Crippen LogP contribution in [0, 0.1) is 11.6 Å². The SMILES string of the molecule is C[C@H]1CN(C(=O)O)CCN1c1nc(OC[C@@H]2CCCN2C)nc2c(F)c(-c3ccccc3F)ncc12. The van der Waals surface area contributed by atoms with Gasteiger partial charge in [0, 0.05) is 43.5 Å². The minimum Gasteiger partial charge on any atom is -0.465 e. The van der Waals surface area contributed by atoms with Crippen molar-refractivity contribution in [1.29, 1.82) is 0 Å². The summed E-state index contributed by atoms with van der Waals surface area (Å²) >= 11 is 0. The van der Waals surface area contributed by atoms with E-state index in [0.717, 1.165) is 19.4 Å². The van der Waals surface area contributed by atoms with E-state index in [1.165, 1.54) is 29.3 Å². The molecule has 1 amide bonds. The van der Waals surface area contributed by atoms with Crippen LogP contribution in [0.1, 0.15) is 19.8 Å². The van der Waals surface area contributed by atoms with Crippen molar-refractivity contribution in [2.45, 2.75) is 31.8 Å². The number of carboxylic acid groups (broad SMARTS) is 1. The lowest BCUT2D eigenvalue weighted by atomic mass is 10.1. The Labute approximate surface area is 207 Å². The first-order valence-electron chi connectivity index (χ1n) is 12.0. The van der Waals surface area contributed by atoms with Crippen LogP contribution < -0.4 is 9.64 Å². The van der Waals surface area contributed by atoms with E-state index in [2.05, 4.69) is 19.9 Å². The molecule has 0 unspecified atom stereocenters. The average Bonchev–Trinajstić information content (AvgIpc) is 3.28. The lowest BCUT2D eigenvalue weighted by Crippen LogP contribution is -2.53. The van der Waals surface area contributed by atoms with Crippen LogP contribution in [0.2, 0.25) is 0 Å². The summed E-state index contributed by atoms with van der Waals surface area (Å²) in [4.78, 5) is 30.2. The molecule has 2 aliphatic rings. The van der Waals surface area contributed by atoms with Crippen molar-refractivity contribution in [2.75, 3.05) is 44.7 Å². The zero-order valence-corrected chi connectivity index (χ0v) is 20.2. The van der Waals surface area contributed by atoms with Gasteiger partial charge < -0.3 is 24.5 Å².